The molecule has 0 aliphatic heterocycles. The van der Waals surface area contributed by atoms with Crippen LogP contribution in [-0.4, -0.2) is 37.2 Å². The van der Waals surface area contributed by atoms with Gasteiger partial charge in [-0.05, 0) is 37.0 Å². The number of rotatable bonds is 48. The number of hydrogen-bond donors (Lipinski definition) is 0. The van der Waals surface area contributed by atoms with Gasteiger partial charge in [0, 0.05) is 19.3 Å². The molecular formula is C55H106O6. The third-order valence-electron chi connectivity index (χ3n) is 13.1. The van der Waals surface area contributed by atoms with Crippen LogP contribution in [0.25, 0.3) is 0 Å². The van der Waals surface area contributed by atoms with Crippen molar-refractivity contribution in [2.75, 3.05) is 13.2 Å². The minimum absolute atomic E-state index is 0.0646. The van der Waals surface area contributed by atoms with E-state index in [1.807, 2.05) is 0 Å². The quantitative estimate of drug-likeness (QED) is 0.0344. The van der Waals surface area contributed by atoms with Gasteiger partial charge in [-0.15, -0.1) is 0 Å². The van der Waals surface area contributed by atoms with Gasteiger partial charge in [-0.25, -0.2) is 0 Å². The molecule has 362 valence electrons. The van der Waals surface area contributed by atoms with E-state index in [1.165, 1.54) is 180 Å². The molecule has 0 amide bonds. The predicted molar refractivity (Wildman–Crippen MR) is 261 cm³/mol. The van der Waals surface area contributed by atoms with Crippen LogP contribution in [0, 0.1) is 17.8 Å². The average molecular weight is 863 g/mol. The van der Waals surface area contributed by atoms with Gasteiger partial charge in [0.15, 0.2) is 6.10 Å². The monoisotopic (exact) mass is 863 g/mol. The fraction of sp³-hybridized carbons (Fsp3) is 0.945. The van der Waals surface area contributed by atoms with Crippen LogP contribution in [0.2, 0.25) is 0 Å². The van der Waals surface area contributed by atoms with Crippen LogP contribution in [0.1, 0.15) is 298 Å². The molecule has 0 N–H and O–H groups in total. The van der Waals surface area contributed by atoms with Gasteiger partial charge in [0.05, 0.1) is 0 Å². The SMILES string of the molecule is CCC(C)CCCCCCCCCCCCCCCCC(=O)OC[C@H](COC(=O)CCCCCCCCCCCCC(C)C)OC(=O)CCCCCCCCCCC(C)CC. The number of esters is 3. The lowest BCUT2D eigenvalue weighted by atomic mass is 9.99. The first kappa shape index (κ1) is 59.4. The highest BCUT2D eigenvalue weighted by Gasteiger charge is 2.19. The molecule has 0 aliphatic rings. The maximum atomic E-state index is 12.8. The van der Waals surface area contributed by atoms with Gasteiger partial charge in [0.25, 0.3) is 0 Å². The van der Waals surface area contributed by atoms with Gasteiger partial charge < -0.3 is 14.2 Å². The van der Waals surface area contributed by atoms with E-state index in [0.29, 0.717) is 19.3 Å². The molecule has 0 saturated carbocycles. The van der Waals surface area contributed by atoms with E-state index in [0.717, 1.165) is 75.5 Å². The molecule has 3 atom stereocenters. The maximum absolute atomic E-state index is 12.8. The molecule has 2 unspecified atom stereocenters. The molecular weight excluding hydrogens is 757 g/mol. The van der Waals surface area contributed by atoms with Crippen molar-refractivity contribution in [1.29, 1.82) is 0 Å². The summed E-state index contributed by atoms with van der Waals surface area (Å²) >= 11 is 0. The summed E-state index contributed by atoms with van der Waals surface area (Å²) in [6, 6.07) is 0. The van der Waals surface area contributed by atoms with E-state index in [4.69, 9.17) is 14.2 Å². The highest BCUT2D eigenvalue weighted by Crippen LogP contribution is 2.19. The van der Waals surface area contributed by atoms with E-state index in [2.05, 4.69) is 41.5 Å². The highest BCUT2D eigenvalue weighted by molar-refractivity contribution is 5.71. The van der Waals surface area contributed by atoms with E-state index in [1.54, 1.807) is 0 Å². The highest BCUT2D eigenvalue weighted by atomic mass is 16.6. The number of carbonyl (C=O) groups excluding carboxylic acids is 3. The Bertz CT molecular complexity index is 949. The van der Waals surface area contributed by atoms with Crippen LogP contribution in [0.5, 0.6) is 0 Å². The second kappa shape index (κ2) is 46.4. The lowest BCUT2D eigenvalue weighted by Crippen LogP contribution is -2.30. The van der Waals surface area contributed by atoms with Crippen LogP contribution >= 0.6 is 0 Å². The van der Waals surface area contributed by atoms with Gasteiger partial charge in [0.2, 0.25) is 0 Å². The molecule has 0 aromatic carbocycles. The Kier molecular flexibility index (Phi) is 45.2. The average Bonchev–Trinajstić information content (AvgIpc) is 3.24. The molecule has 0 rings (SSSR count). The van der Waals surface area contributed by atoms with Gasteiger partial charge in [-0.1, -0.05) is 260 Å². The first-order valence-corrected chi connectivity index (χ1v) is 27.2. The summed E-state index contributed by atoms with van der Waals surface area (Å²) < 4.78 is 16.8. The van der Waals surface area contributed by atoms with E-state index >= 15 is 0 Å². The zero-order valence-electron chi connectivity index (χ0n) is 42.0. The topological polar surface area (TPSA) is 78.9 Å². The molecule has 6 nitrogen and oxygen atoms in total. The Balaban J connectivity index is 4.29. The first-order chi connectivity index (χ1) is 29.7. The Hall–Kier alpha value is -1.59. The maximum Gasteiger partial charge on any atom is 0.306 e. The number of carbonyl (C=O) groups is 3. The molecule has 0 heterocycles. The minimum Gasteiger partial charge on any atom is -0.462 e. The number of unbranched alkanes of at least 4 members (excludes halogenated alkanes) is 29. The van der Waals surface area contributed by atoms with Crippen molar-refractivity contribution < 1.29 is 28.6 Å². The Morgan fingerprint density at radius 3 is 0.852 bits per heavy atom. The lowest BCUT2D eigenvalue weighted by molar-refractivity contribution is -0.167. The van der Waals surface area contributed by atoms with Crippen molar-refractivity contribution in [2.24, 2.45) is 17.8 Å². The Morgan fingerprint density at radius 2 is 0.574 bits per heavy atom. The normalized spacial score (nSPS) is 13.0. The summed E-state index contributed by atoms with van der Waals surface area (Å²) in [5.74, 6) is 1.71. The first-order valence-electron chi connectivity index (χ1n) is 27.2. The van der Waals surface area contributed by atoms with Crippen LogP contribution in [0.4, 0.5) is 0 Å². The molecule has 0 radical (unpaired) electrons. The van der Waals surface area contributed by atoms with E-state index in [9.17, 15) is 14.4 Å². The third kappa shape index (κ3) is 46.2. The second-order valence-corrected chi connectivity index (χ2v) is 19.8. The molecule has 0 saturated heterocycles. The minimum atomic E-state index is -0.763. The third-order valence-corrected chi connectivity index (χ3v) is 13.1. The molecule has 0 aromatic heterocycles. The smallest absolute Gasteiger partial charge is 0.306 e. The molecule has 0 bridgehead atoms. The molecule has 0 spiro atoms. The number of hydrogen-bond acceptors (Lipinski definition) is 6. The van der Waals surface area contributed by atoms with Crippen LogP contribution in [0.3, 0.4) is 0 Å². The van der Waals surface area contributed by atoms with Gasteiger partial charge in [-0.2, -0.15) is 0 Å². The van der Waals surface area contributed by atoms with E-state index in [-0.39, 0.29) is 31.1 Å². The van der Waals surface area contributed by atoms with Crippen LogP contribution in [-0.2, 0) is 28.6 Å². The molecule has 61 heavy (non-hydrogen) atoms. The van der Waals surface area contributed by atoms with Gasteiger partial charge in [0.1, 0.15) is 13.2 Å². The predicted octanol–water partition coefficient (Wildman–Crippen LogP) is 17.6. The van der Waals surface area contributed by atoms with Crippen LogP contribution in [0.15, 0.2) is 0 Å². The fourth-order valence-corrected chi connectivity index (χ4v) is 8.23. The van der Waals surface area contributed by atoms with Crippen LogP contribution < -0.4 is 0 Å². The summed E-state index contributed by atoms with van der Waals surface area (Å²) in [7, 11) is 0. The summed E-state index contributed by atoms with van der Waals surface area (Å²) in [5.41, 5.74) is 0. The standard InChI is InChI=1S/C55H106O6/c1-7-50(5)42-36-30-24-18-13-11-9-10-12-14-19-26-32-38-44-53(56)59-47-52(61-55(58)46-40-34-28-22-21-25-31-37-43-51(6)8-2)48-60-54(57)45-39-33-27-20-16-15-17-23-29-35-41-49(3)4/h49-52H,7-48H2,1-6H3/t50?,51?,52-/m1/s1. The Morgan fingerprint density at radius 1 is 0.328 bits per heavy atom. The summed E-state index contributed by atoms with van der Waals surface area (Å²) in [5, 5.41) is 0. The molecule has 6 heteroatoms. The Labute approximate surface area is 380 Å². The summed E-state index contributed by atoms with van der Waals surface area (Å²) in [4.78, 5) is 38.0. The van der Waals surface area contributed by atoms with Crippen molar-refractivity contribution in [3.05, 3.63) is 0 Å². The summed E-state index contributed by atoms with van der Waals surface area (Å²) in [6.45, 7) is 13.8. The molecule has 0 aromatic rings. The zero-order valence-corrected chi connectivity index (χ0v) is 42.0. The fourth-order valence-electron chi connectivity index (χ4n) is 8.23. The van der Waals surface area contributed by atoms with E-state index < -0.39 is 6.10 Å². The number of ether oxygens (including phenoxy) is 3. The van der Waals surface area contributed by atoms with Crippen molar-refractivity contribution in [3.63, 3.8) is 0 Å². The van der Waals surface area contributed by atoms with Gasteiger partial charge in [-0.3, -0.25) is 14.4 Å². The lowest BCUT2D eigenvalue weighted by Gasteiger charge is -2.18. The second-order valence-electron chi connectivity index (χ2n) is 19.8. The molecule has 0 fully saturated rings. The summed E-state index contributed by atoms with van der Waals surface area (Å²) in [6.07, 6.45) is 46.5. The zero-order chi connectivity index (χ0) is 44.9. The molecule has 0 aliphatic carbocycles. The van der Waals surface area contributed by atoms with Crippen molar-refractivity contribution in [3.8, 4) is 0 Å². The van der Waals surface area contributed by atoms with Gasteiger partial charge >= 0.3 is 17.9 Å². The largest absolute Gasteiger partial charge is 0.462 e. The van der Waals surface area contributed by atoms with Crippen molar-refractivity contribution in [1.82, 2.24) is 0 Å². The van der Waals surface area contributed by atoms with Crippen molar-refractivity contribution >= 4 is 17.9 Å². The van der Waals surface area contributed by atoms with Crippen molar-refractivity contribution in [2.45, 2.75) is 304 Å².